The molecule has 1 saturated heterocycles. The summed E-state index contributed by atoms with van der Waals surface area (Å²) in [6, 6.07) is -0.0347. The van der Waals surface area contributed by atoms with Crippen LogP contribution < -0.4 is 5.32 Å². The average molecular weight is 159 g/mol. The Bertz CT molecular complexity index is 169. The van der Waals surface area contributed by atoms with Crippen molar-refractivity contribution in [3.63, 3.8) is 0 Å². The molecule has 56 valence electrons. The molecule has 1 heterocycles. The lowest BCUT2D eigenvalue weighted by atomic mass is 10.2. The lowest BCUT2D eigenvalue weighted by Crippen LogP contribution is -2.32. The van der Waals surface area contributed by atoms with Crippen LogP contribution in [0.15, 0.2) is 0 Å². The van der Waals surface area contributed by atoms with Gasteiger partial charge < -0.3 is 10.1 Å². The molecule has 0 aliphatic carbocycles. The molecule has 10 heavy (non-hydrogen) atoms. The maximum atomic E-state index is 10.6. The Kier molecular flexibility index (Phi) is 2.21. The van der Waals surface area contributed by atoms with Crippen molar-refractivity contribution in [2.75, 3.05) is 7.11 Å². The van der Waals surface area contributed by atoms with Crippen molar-refractivity contribution in [1.29, 1.82) is 0 Å². The van der Waals surface area contributed by atoms with E-state index in [1.165, 1.54) is 7.11 Å². The van der Waals surface area contributed by atoms with Crippen molar-refractivity contribution in [3.8, 4) is 0 Å². The minimum atomic E-state index is -0.0347. The second kappa shape index (κ2) is 2.96. The largest absolute Gasteiger partial charge is 0.488 e. The summed E-state index contributed by atoms with van der Waals surface area (Å²) in [4.78, 5) is 10.6. The number of thiocarbonyl (C=S) groups is 1. The van der Waals surface area contributed by atoms with Crippen LogP contribution in [0.5, 0.6) is 0 Å². The van der Waals surface area contributed by atoms with Gasteiger partial charge in [0.05, 0.1) is 13.2 Å². The highest BCUT2D eigenvalue weighted by atomic mass is 32.1. The van der Waals surface area contributed by atoms with E-state index in [9.17, 15) is 4.79 Å². The van der Waals surface area contributed by atoms with Crippen LogP contribution in [0.3, 0.4) is 0 Å². The van der Waals surface area contributed by atoms with Crippen LogP contribution in [-0.2, 0) is 9.53 Å². The number of methoxy groups -OCH3 is 1. The maximum Gasteiger partial charge on any atom is 0.220 e. The second-order valence-corrected chi connectivity index (χ2v) is 2.58. The first kappa shape index (κ1) is 7.47. The minimum Gasteiger partial charge on any atom is -0.488 e. The zero-order valence-electron chi connectivity index (χ0n) is 5.72. The van der Waals surface area contributed by atoms with Gasteiger partial charge in [0.25, 0.3) is 0 Å². The summed E-state index contributed by atoms with van der Waals surface area (Å²) in [7, 11) is 1.52. The van der Waals surface area contributed by atoms with Gasteiger partial charge in [0.1, 0.15) is 0 Å². The third kappa shape index (κ3) is 1.44. The third-order valence-corrected chi connectivity index (χ3v) is 1.93. The summed E-state index contributed by atoms with van der Waals surface area (Å²) in [5, 5.41) is 3.18. The fourth-order valence-corrected chi connectivity index (χ4v) is 1.11. The van der Waals surface area contributed by atoms with Gasteiger partial charge in [-0.25, -0.2) is 0 Å². The summed E-state index contributed by atoms with van der Waals surface area (Å²) in [5.41, 5.74) is 0. The van der Waals surface area contributed by atoms with Gasteiger partial charge in [-0.05, 0) is 18.6 Å². The smallest absolute Gasteiger partial charge is 0.220 e. The van der Waals surface area contributed by atoms with E-state index in [0.717, 1.165) is 6.42 Å². The lowest BCUT2D eigenvalue weighted by molar-refractivity contribution is -0.119. The van der Waals surface area contributed by atoms with E-state index in [1.54, 1.807) is 0 Å². The third-order valence-electron chi connectivity index (χ3n) is 1.48. The predicted octanol–water partition coefficient (Wildman–Crippen LogP) is 0.239. The second-order valence-electron chi connectivity index (χ2n) is 2.18. The number of amides is 1. The van der Waals surface area contributed by atoms with Crippen LogP contribution in [0.1, 0.15) is 12.8 Å². The van der Waals surface area contributed by atoms with Crippen LogP contribution in [-0.4, -0.2) is 24.1 Å². The molecule has 4 heteroatoms. The average Bonchev–Trinajstić information content (AvgIpc) is 2.34. The summed E-state index contributed by atoms with van der Waals surface area (Å²) in [5.74, 6) is 0.0596. The SMILES string of the molecule is COC(=S)[C@@H]1CCC(=O)N1. The van der Waals surface area contributed by atoms with Crippen molar-refractivity contribution in [2.24, 2.45) is 0 Å². The summed E-state index contributed by atoms with van der Waals surface area (Å²) >= 11 is 4.83. The topological polar surface area (TPSA) is 38.3 Å². The highest BCUT2D eigenvalue weighted by Crippen LogP contribution is 2.08. The molecular formula is C6H9NO2S. The van der Waals surface area contributed by atoms with E-state index in [1.807, 2.05) is 0 Å². The number of hydrogen-bond donors (Lipinski definition) is 1. The summed E-state index contributed by atoms with van der Waals surface area (Å²) < 4.78 is 4.80. The van der Waals surface area contributed by atoms with Gasteiger partial charge in [0.2, 0.25) is 5.91 Å². The first-order valence-electron chi connectivity index (χ1n) is 3.11. The molecule has 1 aliphatic heterocycles. The quantitative estimate of drug-likeness (QED) is 0.557. The van der Waals surface area contributed by atoms with Crippen molar-refractivity contribution >= 4 is 23.2 Å². The van der Waals surface area contributed by atoms with E-state index < -0.39 is 0 Å². The Labute approximate surface area is 64.7 Å². The molecule has 0 unspecified atom stereocenters. The Hall–Kier alpha value is -0.640. The van der Waals surface area contributed by atoms with Gasteiger partial charge in [0.15, 0.2) is 5.05 Å². The molecule has 1 atom stereocenters. The fraction of sp³-hybridized carbons (Fsp3) is 0.667. The van der Waals surface area contributed by atoms with E-state index in [4.69, 9.17) is 17.0 Å². The van der Waals surface area contributed by atoms with Gasteiger partial charge in [-0.15, -0.1) is 0 Å². The number of nitrogens with one attached hydrogen (secondary N) is 1. The van der Waals surface area contributed by atoms with E-state index in [0.29, 0.717) is 11.5 Å². The molecule has 0 bridgehead atoms. The van der Waals surface area contributed by atoms with E-state index in [-0.39, 0.29) is 11.9 Å². The van der Waals surface area contributed by atoms with Gasteiger partial charge in [-0.3, -0.25) is 4.79 Å². The van der Waals surface area contributed by atoms with Crippen LogP contribution in [0.2, 0.25) is 0 Å². The molecule has 0 spiro atoms. The minimum absolute atomic E-state index is 0.0347. The molecule has 1 N–H and O–H groups in total. The number of carbonyl (C=O) groups excluding carboxylic acids is 1. The van der Waals surface area contributed by atoms with E-state index >= 15 is 0 Å². The van der Waals surface area contributed by atoms with Crippen LogP contribution in [0.4, 0.5) is 0 Å². The Morgan fingerprint density at radius 2 is 2.60 bits per heavy atom. The monoisotopic (exact) mass is 159 g/mol. The summed E-state index contributed by atoms with van der Waals surface area (Å²) in [6.45, 7) is 0. The molecule has 0 aromatic carbocycles. The highest BCUT2D eigenvalue weighted by molar-refractivity contribution is 7.80. The molecule has 0 radical (unpaired) electrons. The van der Waals surface area contributed by atoms with Crippen molar-refractivity contribution in [1.82, 2.24) is 5.32 Å². The first-order valence-corrected chi connectivity index (χ1v) is 3.52. The molecule has 1 aliphatic rings. The highest BCUT2D eigenvalue weighted by Gasteiger charge is 2.24. The van der Waals surface area contributed by atoms with Gasteiger partial charge in [0, 0.05) is 6.42 Å². The number of carbonyl (C=O) groups is 1. The molecule has 0 saturated carbocycles. The Balaban J connectivity index is 2.44. The van der Waals surface area contributed by atoms with Crippen molar-refractivity contribution in [3.05, 3.63) is 0 Å². The molecule has 3 nitrogen and oxygen atoms in total. The molecule has 1 fully saturated rings. The van der Waals surface area contributed by atoms with Gasteiger partial charge in [-0.1, -0.05) is 0 Å². The van der Waals surface area contributed by atoms with Crippen molar-refractivity contribution in [2.45, 2.75) is 18.9 Å². The summed E-state index contributed by atoms with van der Waals surface area (Å²) in [6.07, 6.45) is 1.33. The Morgan fingerprint density at radius 1 is 1.90 bits per heavy atom. The molecule has 0 aromatic heterocycles. The normalized spacial score (nSPS) is 24.1. The van der Waals surface area contributed by atoms with Crippen LogP contribution in [0, 0.1) is 0 Å². The molecule has 1 rings (SSSR count). The maximum absolute atomic E-state index is 10.6. The zero-order valence-corrected chi connectivity index (χ0v) is 6.53. The molecule has 0 aromatic rings. The number of ether oxygens (including phenoxy) is 1. The van der Waals surface area contributed by atoms with Gasteiger partial charge in [-0.2, -0.15) is 0 Å². The van der Waals surface area contributed by atoms with Crippen LogP contribution in [0.25, 0.3) is 0 Å². The zero-order chi connectivity index (χ0) is 7.56. The van der Waals surface area contributed by atoms with Crippen LogP contribution >= 0.6 is 12.2 Å². The van der Waals surface area contributed by atoms with Gasteiger partial charge >= 0.3 is 0 Å². The lowest BCUT2D eigenvalue weighted by Gasteiger charge is -2.08. The van der Waals surface area contributed by atoms with Crippen molar-refractivity contribution < 1.29 is 9.53 Å². The van der Waals surface area contributed by atoms with E-state index in [2.05, 4.69) is 5.32 Å². The predicted molar refractivity (Wildman–Crippen MR) is 40.8 cm³/mol. The Morgan fingerprint density at radius 3 is 3.00 bits per heavy atom. The number of hydrogen-bond acceptors (Lipinski definition) is 3. The molecular weight excluding hydrogens is 150 g/mol. The fourth-order valence-electron chi connectivity index (χ4n) is 0.933. The standard InChI is InChI=1S/C6H9NO2S/c1-9-6(10)4-2-3-5(8)7-4/h4H,2-3H2,1H3,(H,7,8)/t4-/m0/s1. The number of rotatable bonds is 1. The first-order chi connectivity index (χ1) is 4.74. The molecule has 1 amide bonds.